The van der Waals surface area contributed by atoms with Crippen LogP contribution in [0.2, 0.25) is 0 Å². The first-order valence-corrected chi connectivity index (χ1v) is 33.2. The van der Waals surface area contributed by atoms with Gasteiger partial charge in [0.25, 0.3) is 50.6 Å². The molecular formula is C45H40N10O20S8. The van der Waals surface area contributed by atoms with Crippen LogP contribution in [0.4, 0.5) is 33.6 Å². The molecule has 83 heavy (non-hydrogen) atoms. The molecule has 0 amide bonds. The quantitative estimate of drug-likeness (QED) is 0.0190. The van der Waals surface area contributed by atoms with Crippen LogP contribution >= 0.6 is 23.1 Å². The summed E-state index contributed by atoms with van der Waals surface area (Å²) in [6, 6.07) is 15.0. The van der Waals surface area contributed by atoms with Crippen LogP contribution < -0.4 is 4.74 Å². The molecule has 0 saturated heterocycles. The molecule has 0 aliphatic carbocycles. The van der Waals surface area contributed by atoms with Gasteiger partial charge in [0.1, 0.15) is 43.9 Å². The van der Waals surface area contributed by atoms with Gasteiger partial charge in [-0.1, -0.05) is 17.4 Å². The zero-order valence-electron chi connectivity index (χ0n) is 42.7. The van der Waals surface area contributed by atoms with Gasteiger partial charge >= 0.3 is 10.6 Å². The van der Waals surface area contributed by atoms with E-state index in [1.165, 1.54) is 50.2 Å². The van der Waals surface area contributed by atoms with E-state index >= 15 is 0 Å². The molecule has 0 bridgehead atoms. The van der Waals surface area contributed by atoms with E-state index in [0.29, 0.717) is 21.6 Å². The number of thiazole rings is 1. The first-order chi connectivity index (χ1) is 38.5. The molecule has 438 valence electrons. The van der Waals surface area contributed by atoms with Gasteiger partial charge in [-0.05, 0) is 117 Å². The Hall–Kier alpha value is -7.39. The van der Waals surface area contributed by atoms with Crippen LogP contribution in [-0.2, 0) is 61.2 Å². The molecule has 30 nitrogen and oxygen atoms in total. The van der Waals surface area contributed by atoms with Gasteiger partial charge in [0.05, 0.1) is 50.3 Å². The van der Waals surface area contributed by atoms with E-state index in [9.17, 15) is 75.2 Å². The van der Waals surface area contributed by atoms with E-state index in [1.807, 2.05) is 6.07 Å². The largest absolute Gasteiger partial charge is 0.493 e. The molecule has 0 spiro atoms. The maximum Gasteiger partial charge on any atom is 0.425 e. The van der Waals surface area contributed by atoms with E-state index in [1.54, 1.807) is 19.9 Å². The molecule has 0 fully saturated rings. The second kappa shape index (κ2) is 24.4. The monoisotopic (exact) mass is 1300 g/mol. The lowest BCUT2D eigenvalue weighted by Gasteiger charge is -2.12. The molecule has 8 aromatic rings. The maximum absolute atomic E-state index is 12.5. The number of ether oxygens (including phenoxy) is 1. The number of pyridine rings is 1. The zero-order chi connectivity index (χ0) is 61.3. The van der Waals surface area contributed by atoms with Gasteiger partial charge in [-0.15, -0.1) is 50.0 Å². The molecule has 0 aliphatic rings. The summed E-state index contributed by atoms with van der Waals surface area (Å²) in [5, 5.41) is 48.2. The van der Waals surface area contributed by atoms with Crippen molar-refractivity contribution in [3.63, 3.8) is 0 Å². The summed E-state index contributed by atoms with van der Waals surface area (Å²) in [5.74, 6) is -1.79. The Balaban J connectivity index is 0.00000240. The first-order valence-electron chi connectivity index (χ1n) is 22.9. The fourth-order valence-electron chi connectivity index (χ4n) is 7.88. The number of hydrogen-bond donors (Lipinski definition) is 6. The topological polar surface area (TPSA) is 481 Å². The average Bonchev–Trinajstić information content (AvgIpc) is 4.23. The molecule has 0 radical (unpaired) electrons. The molecule has 0 atom stereocenters. The molecule has 3 aromatic heterocycles. The number of nitrogens with zero attached hydrogens (tertiary/aromatic N) is 10. The average molecular weight is 1300 g/mol. The van der Waals surface area contributed by atoms with Crippen molar-refractivity contribution in [2.24, 2.45) is 30.7 Å². The van der Waals surface area contributed by atoms with E-state index in [4.69, 9.17) is 17.4 Å². The molecule has 5 aromatic carbocycles. The number of aromatic hydroxyl groups is 1. The minimum absolute atomic E-state index is 0.0101. The van der Waals surface area contributed by atoms with E-state index in [0.717, 1.165) is 45.7 Å². The van der Waals surface area contributed by atoms with E-state index in [-0.39, 0.29) is 113 Å². The Bertz CT molecular complexity index is 4870. The molecule has 38 heteroatoms. The minimum Gasteiger partial charge on any atom is -0.493 e. The number of hydrogen-bond acceptors (Lipinski definition) is 26. The number of fused-ring (bicyclic) bond motifs is 6. The van der Waals surface area contributed by atoms with Gasteiger partial charge in [-0.2, -0.15) is 52.5 Å². The number of azo groups is 3. The number of nitriles is 1. The zero-order valence-corrected chi connectivity index (χ0v) is 49.2. The highest BCUT2D eigenvalue weighted by Gasteiger charge is 2.27. The van der Waals surface area contributed by atoms with Gasteiger partial charge in [0.2, 0.25) is 11.0 Å². The van der Waals surface area contributed by atoms with Crippen LogP contribution in [0, 0.1) is 39.0 Å². The highest BCUT2D eigenvalue weighted by atomic mass is 32.2. The Morgan fingerprint density at radius 1 is 0.675 bits per heavy atom. The normalized spacial score (nSPS) is 12.8. The smallest absolute Gasteiger partial charge is 0.425 e. The highest BCUT2D eigenvalue weighted by molar-refractivity contribution is 7.99. The van der Waals surface area contributed by atoms with Crippen LogP contribution in [0.3, 0.4) is 0 Å². The van der Waals surface area contributed by atoms with Gasteiger partial charge in [-0.25, -0.2) is 9.97 Å². The lowest BCUT2D eigenvalue weighted by atomic mass is 10.1. The van der Waals surface area contributed by atoms with Crippen molar-refractivity contribution in [3.8, 4) is 17.7 Å². The van der Waals surface area contributed by atoms with Crippen molar-refractivity contribution in [3.05, 3.63) is 88.5 Å². The Kier molecular flexibility index (Phi) is 18.6. The van der Waals surface area contributed by atoms with Crippen LogP contribution in [0.5, 0.6) is 11.6 Å². The second-order valence-electron chi connectivity index (χ2n) is 17.5. The third-order valence-electron chi connectivity index (χ3n) is 11.5. The number of aryl methyl sites for hydroxylation is 3. The lowest BCUT2D eigenvalue weighted by molar-refractivity contribution is 0.317. The molecule has 0 saturated carbocycles. The second-order valence-corrected chi connectivity index (χ2v) is 27.4. The fourth-order valence-corrected chi connectivity index (χ4v) is 12.9. The van der Waals surface area contributed by atoms with Crippen LogP contribution in [-0.4, -0.2) is 121 Å². The van der Waals surface area contributed by atoms with Gasteiger partial charge in [0, 0.05) is 21.9 Å². The first kappa shape index (κ1) is 63.2. The number of rotatable bonds is 19. The van der Waals surface area contributed by atoms with Gasteiger partial charge < -0.3 is 9.84 Å². The fraction of sp³-hybridized carbons (Fsp3) is 0.222. The molecule has 0 aliphatic heterocycles. The van der Waals surface area contributed by atoms with Crippen LogP contribution in [0.25, 0.3) is 37.7 Å². The molecule has 3 heterocycles. The third kappa shape index (κ3) is 15.2. The Morgan fingerprint density at radius 2 is 1.25 bits per heavy atom. The molecule has 6 N–H and O–H groups in total. The third-order valence-corrected chi connectivity index (χ3v) is 17.8. The van der Waals surface area contributed by atoms with Crippen LogP contribution in [0.1, 0.15) is 40.7 Å². The number of benzene rings is 5. The summed E-state index contributed by atoms with van der Waals surface area (Å²) < 4.78 is 201. The standard InChI is InChI=1S/C45H40N10O17S7.O3S/c1-22-13-34-40(37(14-22)78(66,67)68)47-43-29(21-46)25(4)39(44(56)55(34)43)53-51-32-15-23(2)30(19-35(32)72-9-5-11-75(57,58)59)49-52-33-16-24(3)31(20-36(33)73-10-6-12-76(60,61)62)50-54-45-48-41-38(79(69,70)71)17-26-7-8-27(77(63,64)65)18-28(26)42(41)74-45;1-4(2)3/h7-8,13-20,56H,5-6,9-12H2,1-4H3,(H,57,58,59)(H,60,61,62)(H,63,64,65)(H,66,67,68)(H,69,70,71);. The maximum atomic E-state index is 12.5. The number of thioether (sulfide) groups is 1. The summed E-state index contributed by atoms with van der Waals surface area (Å²) in [6.45, 7) is 5.92. The van der Waals surface area contributed by atoms with Crippen LogP contribution in [0.15, 0.2) is 111 Å². The van der Waals surface area contributed by atoms with Crippen molar-refractivity contribution < 1.29 is 87.3 Å². The van der Waals surface area contributed by atoms with Gasteiger partial charge in [0.15, 0.2) is 11.3 Å². The lowest BCUT2D eigenvalue weighted by Crippen LogP contribution is -2.08. The SMILES string of the molecule is Cc1cc(S(=O)(=O)O)c2nc3c(C#N)c(C)c(N=Nc4cc(C)c(N=Nc5cc(C)c(N=Nc6nc7c(S(=O)(=O)O)cc8ccc(S(=O)(=O)O)cc8c7s6)cc5SCCCS(=O)(=O)O)cc4OCCCS(=O)(=O)O)c(O)n3c2c1.O=S(=O)=O. The Labute approximate surface area is 480 Å². The predicted molar refractivity (Wildman–Crippen MR) is 298 cm³/mol. The van der Waals surface area contributed by atoms with Crippen molar-refractivity contribution in [2.45, 2.75) is 60.1 Å². The molecule has 0 unspecified atom stereocenters. The van der Waals surface area contributed by atoms with Crippen molar-refractivity contribution in [1.82, 2.24) is 14.4 Å². The number of aromatic nitrogens is 3. The summed E-state index contributed by atoms with van der Waals surface area (Å²) in [7, 11) is -26.2. The number of imidazole rings is 1. The molecule has 8 rings (SSSR count). The van der Waals surface area contributed by atoms with Crippen molar-refractivity contribution in [2.75, 3.05) is 23.9 Å². The summed E-state index contributed by atoms with van der Waals surface area (Å²) in [6.07, 6.45) is -0.203. The van der Waals surface area contributed by atoms with Crippen molar-refractivity contribution >= 4 is 156 Å². The highest BCUT2D eigenvalue weighted by Crippen LogP contribution is 2.44. The molecular weight excluding hydrogens is 1260 g/mol. The Morgan fingerprint density at radius 3 is 1.87 bits per heavy atom. The van der Waals surface area contributed by atoms with Gasteiger partial charge in [-0.3, -0.25) is 27.2 Å². The van der Waals surface area contributed by atoms with E-state index < -0.39 is 93.3 Å². The predicted octanol–water partition coefficient (Wildman–Crippen LogP) is 9.07. The summed E-state index contributed by atoms with van der Waals surface area (Å²) >= 11 is 1.90. The summed E-state index contributed by atoms with van der Waals surface area (Å²) in [4.78, 5) is 7.24. The van der Waals surface area contributed by atoms with E-state index in [2.05, 4.69) is 40.7 Å². The van der Waals surface area contributed by atoms with Crippen molar-refractivity contribution in [1.29, 1.82) is 5.26 Å². The summed E-state index contributed by atoms with van der Waals surface area (Å²) in [5.41, 5.74) is 0.801. The minimum atomic E-state index is -4.88.